The molecule has 196 valence electrons. The summed E-state index contributed by atoms with van der Waals surface area (Å²) in [6.45, 7) is 1.71. The fourth-order valence-corrected chi connectivity index (χ4v) is 3.41. The molecule has 0 unspecified atom stereocenters. The minimum absolute atomic E-state index is 0.0142. The number of amides is 1. The van der Waals surface area contributed by atoms with Gasteiger partial charge in [0.25, 0.3) is 5.91 Å². The van der Waals surface area contributed by atoms with E-state index in [0.29, 0.717) is 34.6 Å². The normalized spacial score (nSPS) is 11.8. The third-order valence-corrected chi connectivity index (χ3v) is 5.40. The fourth-order valence-electron chi connectivity index (χ4n) is 3.41. The monoisotopic (exact) mass is 525 g/mol. The second-order valence-electron chi connectivity index (χ2n) is 8.15. The Morgan fingerprint density at radius 1 is 0.838 bits per heavy atom. The Labute approximate surface area is 207 Å². The molecule has 0 saturated heterocycles. The number of benzene rings is 3. The standard InChI is InChI=1S/C26H21F6NO4/c1-15-10-17(19-11-20(25(27,28)29)13-21(12-19)26(30,31)32)2-3-18(15)14-37-22-6-4-16(5-7-22)24(36)33-9-8-23(34)35/h2-7,10-13H,8-9,14H2,1H3,(H,33,36)(H,34,35). The molecule has 0 radical (unpaired) electrons. The molecule has 0 aliphatic heterocycles. The van der Waals surface area contributed by atoms with Crippen LogP contribution in [-0.4, -0.2) is 23.5 Å². The quantitative estimate of drug-likeness (QED) is 0.330. The minimum atomic E-state index is -4.94. The van der Waals surface area contributed by atoms with Crippen molar-refractivity contribution in [2.45, 2.75) is 32.3 Å². The Hall–Kier alpha value is -4.02. The molecule has 0 atom stereocenters. The largest absolute Gasteiger partial charge is 0.489 e. The van der Waals surface area contributed by atoms with E-state index in [9.17, 15) is 35.9 Å². The van der Waals surface area contributed by atoms with Crippen LogP contribution in [0.3, 0.4) is 0 Å². The van der Waals surface area contributed by atoms with E-state index < -0.39 is 35.4 Å². The highest BCUT2D eigenvalue weighted by atomic mass is 19.4. The molecule has 0 heterocycles. The zero-order valence-electron chi connectivity index (χ0n) is 19.3. The number of carboxylic acid groups (broad SMARTS) is 1. The SMILES string of the molecule is Cc1cc(-c2cc(C(F)(F)F)cc(C(F)(F)F)c2)ccc1COc1ccc(C(=O)NCCC(=O)O)cc1. The number of nitrogens with one attached hydrogen (secondary N) is 1. The second kappa shape index (κ2) is 10.9. The maximum atomic E-state index is 13.2. The molecule has 0 bridgehead atoms. The van der Waals surface area contributed by atoms with Gasteiger partial charge in [-0.05, 0) is 71.6 Å². The lowest BCUT2D eigenvalue weighted by Crippen LogP contribution is -2.25. The van der Waals surface area contributed by atoms with Gasteiger partial charge in [-0.25, -0.2) is 0 Å². The van der Waals surface area contributed by atoms with Crippen molar-refractivity contribution in [3.63, 3.8) is 0 Å². The number of alkyl halides is 6. The number of hydrogen-bond donors (Lipinski definition) is 2. The van der Waals surface area contributed by atoms with Gasteiger partial charge >= 0.3 is 18.3 Å². The number of rotatable bonds is 8. The van der Waals surface area contributed by atoms with E-state index in [4.69, 9.17) is 9.84 Å². The molecule has 2 N–H and O–H groups in total. The van der Waals surface area contributed by atoms with E-state index in [2.05, 4.69) is 5.32 Å². The van der Waals surface area contributed by atoms with Crippen molar-refractivity contribution >= 4 is 11.9 Å². The van der Waals surface area contributed by atoms with Crippen molar-refractivity contribution in [2.75, 3.05) is 6.54 Å². The van der Waals surface area contributed by atoms with E-state index >= 15 is 0 Å². The molecule has 3 aromatic carbocycles. The van der Waals surface area contributed by atoms with Crippen molar-refractivity contribution in [1.82, 2.24) is 5.32 Å². The van der Waals surface area contributed by atoms with Crippen molar-refractivity contribution in [3.05, 3.63) is 88.5 Å². The highest BCUT2D eigenvalue weighted by molar-refractivity contribution is 5.94. The zero-order valence-corrected chi connectivity index (χ0v) is 19.3. The summed E-state index contributed by atoms with van der Waals surface area (Å²) in [5.41, 5.74) is -1.24. The van der Waals surface area contributed by atoms with E-state index in [0.717, 1.165) is 0 Å². The summed E-state index contributed by atoms with van der Waals surface area (Å²) in [6, 6.07) is 12.0. The number of halogens is 6. The average molecular weight is 525 g/mol. The summed E-state index contributed by atoms with van der Waals surface area (Å²) in [7, 11) is 0. The number of carboxylic acids is 1. The van der Waals surface area contributed by atoms with Gasteiger partial charge in [-0.2, -0.15) is 26.3 Å². The first kappa shape index (κ1) is 27.6. The Morgan fingerprint density at radius 2 is 1.43 bits per heavy atom. The summed E-state index contributed by atoms with van der Waals surface area (Å²) in [6.07, 6.45) is -10.1. The fraction of sp³-hybridized carbons (Fsp3) is 0.231. The van der Waals surface area contributed by atoms with Gasteiger partial charge in [0.05, 0.1) is 17.5 Å². The second-order valence-corrected chi connectivity index (χ2v) is 8.15. The Balaban J connectivity index is 1.72. The summed E-state index contributed by atoms with van der Waals surface area (Å²) >= 11 is 0. The molecule has 37 heavy (non-hydrogen) atoms. The molecule has 0 spiro atoms. The lowest BCUT2D eigenvalue weighted by atomic mass is 9.96. The highest BCUT2D eigenvalue weighted by Gasteiger charge is 2.37. The van der Waals surface area contributed by atoms with Crippen LogP contribution in [0.5, 0.6) is 5.75 Å². The van der Waals surface area contributed by atoms with Crippen LogP contribution in [0.2, 0.25) is 0 Å². The van der Waals surface area contributed by atoms with Crippen molar-refractivity contribution in [2.24, 2.45) is 0 Å². The van der Waals surface area contributed by atoms with Crippen LogP contribution < -0.4 is 10.1 Å². The third kappa shape index (κ3) is 7.48. The third-order valence-electron chi connectivity index (χ3n) is 5.40. The molecule has 0 aliphatic carbocycles. The van der Waals surface area contributed by atoms with E-state index in [1.807, 2.05) is 0 Å². The molecule has 0 aromatic heterocycles. The lowest BCUT2D eigenvalue weighted by molar-refractivity contribution is -0.143. The van der Waals surface area contributed by atoms with Crippen molar-refractivity contribution in [1.29, 1.82) is 0 Å². The predicted octanol–water partition coefficient (Wildman–Crippen LogP) is 6.48. The number of hydrogen-bond acceptors (Lipinski definition) is 3. The molecule has 11 heteroatoms. The number of carbonyl (C=O) groups is 2. The molecule has 0 fully saturated rings. The summed E-state index contributed by atoms with van der Waals surface area (Å²) in [4.78, 5) is 22.5. The van der Waals surface area contributed by atoms with Crippen LogP contribution in [0.4, 0.5) is 26.3 Å². The average Bonchev–Trinajstić information content (AvgIpc) is 2.82. The van der Waals surface area contributed by atoms with Gasteiger partial charge in [0.15, 0.2) is 0 Å². The van der Waals surface area contributed by atoms with E-state index in [1.165, 1.54) is 36.4 Å². The summed E-state index contributed by atoms with van der Waals surface area (Å²) in [5.74, 6) is -1.06. The number of aliphatic carboxylic acids is 1. The molecule has 0 aliphatic rings. The maximum Gasteiger partial charge on any atom is 0.416 e. The van der Waals surface area contributed by atoms with Gasteiger partial charge < -0.3 is 15.2 Å². The van der Waals surface area contributed by atoms with Gasteiger partial charge in [0.2, 0.25) is 0 Å². The molecule has 3 aromatic rings. The van der Waals surface area contributed by atoms with Gasteiger partial charge in [-0.1, -0.05) is 18.2 Å². The smallest absolute Gasteiger partial charge is 0.416 e. The van der Waals surface area contributed by atoms with Crippen molar-refractivity contribution < 1.29 is 45.8 Å². The van der Waals surface area contributed by atoms with Gasteiger partial charge in [0, 0.05) is 12.1 Å². The minimum Gasteiger partial charge on any atom is -0.489 e. The van der Waals surface area contributed by atoms with Gasteiger partial charge in [-0.15, -0.1) is 0 Å². The maximum absolute atomic E-state index is 13.2. The summed E-state index contributed by atoms with van der Waals surface area (Å²) < 4.78 is 84.8. The molecule has 3 rings (SSSR count). The van der Waals surface area contributed by atoms with Crippen molar-refractivity contribution in [3.8, 4) is 16.9 Å². The van der Waals surface area contributed by atoms with Crippen LogP contribution in [-0.2, 0) is 23.8 Å². The molecular formula is C26H21F6NO4. The number of ether oxygens (including phenoxy) is 1. The van der Waals surface area contributed by atoms with Crippen LogP contribution in [0.1, 0.15) is 39.0 Å². The molecule has 0 saturated carbocycles. The predicted molar refractivity (Wildman–Crippen MR) is 122 cm³/mol. The first-order chi connectivity index (χ1) is 17.2. The van der Waals surface area contributed by atoms with Crippen LogP contribution in [0.15, 0.2) is 60.7 Å². The Kier molecular flexibility index (Phi) is 8.15. The van der Waals surface area contributed by atoms with Crippen LogP contribution >= 0.6 is 0 Å². The first-order valence-electron chi connectivity index (χ1n) is 10.9. The Bertz CT molecular complexity index is 1250. The Morgan fingerprint density at radius 3 is 1.95 bits per heavy atom. The first-order valence-corrected chi connectivity index (χ1v) is 10.9. The molecule has 5 nitrogen and oxygen atoms in total. The molecule has 1 amide bonds. The molecular weight excluding hydrogens is 504 g/mol. The van der Waals surface area contributed by atoms with Crippen LogP contribution in [0.25, 0.3) is 11.1 Å². The van der Waals surface area contributed by atoms with Crippen LogP contribution in [0, 0.1) is 6.92 Å². The van der Waals surface area contributed by atoms with E-state index in [1.54, 1.807) is 13.0 Å². The van der Waals surface area contributed by atoms with E-state index in [-0.39, 0.29) is 36.8 Å². The topological polar surface area (TPSA) is 75.6 Å². The summed E-state index contributed by atoms with van der Waals surface area (Å²) in [5, 5.41) is 11.1. The highest BCUT2D eigenvalue weighted by Crippen LogP contribution is 2.39. The number of aryl methyl sites for hydroxylation is 1. The lowest BCUT2D eigenvalue weighted by Gasteiger charge is -2.15. The van der Waals surface area contributed by atoms with Gasteiger partial charge in [-0.3, -0.25) is 9.59 Å². The van der Waals surface area contributed by atoms with Gasteiger partial charge in [0.1, 0.15) is 12.4 Å². The number of carbonyl (C=O) groups excluding carboxylic acids is 1. The zero-order chi connectivity index (χ0) is 27.4.